The lowest BCUT2D eigenvalue weighted by Crippen LogP contribution is -2.41. The number of amides is 1. The molecule has 1 atom stereocenters. The number of halogens is 1. The number of carbonyl (C=O) groups excluding carboxylic acids is 1. The van der Waals surface area contributed by atoms with Crippen molar-refractivity contribution >= 4 is 23.7 Å². The molecule has 3 aromatic rings. The topological polar surface area (TPSA) is 76.1 Å². The van der Waals surface area contributed by atoms with E-state index in [9.17, 15) is 9.59 Å². The normalized spacial score (nSPS) is 14.9. The average molecular weight is 494 g/mol. The number of carboxylic acid groups (broad SMARTS) is 1. The van der Waals surface area contributed by atoms with Crippen LogP contribution in [0.4, 0.5) is 4.79 Å². The van der Waals surface area contributed by atoms with Crippen LogP contribution < -0.4 is 4.74 Å². The molecule has 1 aliphatic heterocycles. The van der Waals surface area contributed by atoms with Gasteiger partial charge in [-0.15, -0.1) is 0 Å². The summed E-state index contributed by atoms with van der Waals surface area (Å²) in [5, 5.41) is 9.60. The average Bonchev–Trinajstić information content (AvgIpc) is 2.81. The zero-order valence-corrected chi connectivity index (χ0v) is 20.8. The Balaban J connectivity index is 1.69. The van der Waals surface area contributed by atoms with E-state index in [0.717, 1.165) is 33.4 Å². The molecule has 1 heterocycles. The summed E-state index contributed by atoms with van der Waals surface area (Å²) in [5.74, 6) is -0.725. The van der Waals surface area contributed by atoms with Gasteiger partial charge in [-0.05, 0) is 73.2 Å². The summed E-state index contributed by atoms with van der Waals surface area (Å²) in [6.45, 7) is 6.18. The molecule has 0 radical (unpaired) electrons. The number of carbonyl (C=O) groups is 2. The Morgan fingerprint density at radius 1 is 1.03 bits per heavy atom. The van der Waals surface area contributed by atoms with Crippen LogP contribution in [0.15, 0.2) is 54.6 Å². The molecular weight excluding hydrogens is 466 g/mol. The van der Waals surface area contributed by atoms with Crippen LogP contribution in [0.2, 0.25) is 5.02 Å². The Labute approximate surface area is 210 Å². The number of ether oxygens (including phenoxy) is 2. The first-order chi connectivity index (χ1) is 16.7. The minimum absolute atomic E-state index is 0.166. The summed E-state index contributed by atoms with van der Waals surface area (Å²) in [6, 6.07) is 16.5. The number of rotatable bonds is 6. The second-order valence-corrected chi connectivity index (χ2v) is 9.28. The van der Waals surface area contributed by atoms with E-state index in [2.05, 4.69) is 12.1 Å². The molecule has 1 N–H and O–H groups in total. The molecule has 0 saturated heterocycles. The quantitative estimate of drug-likeness (QED) is 0.455. The molecular formula is C28H28ClNO5. The maximum atomic E-state index is 13.5. The molecule has 182 valence electrons. The Bertz CT molecular complexity index is 1250. The highest BCUT2D eigenvalue weighted by molar-refractivity contribution is 6.30. The first kappa shape index (κ1) is 24.6. The van der Waals surface area contributed by atoms with Gasteiger partial charge in [-0.1, -0.05) is 53.6 Å². The zero-order valence-electron chi connectivity index (χ0n) is 20.0. The number of hydrogen-bond acceptors (Lipinski definition) is 4. The SMILES string of the molecule is Cc1cc(C)c(COC(=O)N2CCc3ccccc3C2c2cc(Cl)ccc2OCC(=O)O)c(C)c1. The Kier molecular flexibility index (Phi) is 7.31. The minimum Gasteiger partial charge on any atom is -0.482 e. The van der Waals surface area contributed by atoms with Gasteiger partial charge in [0.1, 0.15) is 12.4 Å². The van der Waals surface area contributed by atoms with Gasteiger partial charge in [0.15, 0.2) is 6.61 Å². The largest absolute Gasteiger partial charge is 0.482 e. The maximum absolute atomic E-state index is 13.5. The van der Waals surface area contributed by atoms with E-state index in [1.165, 1.54) is 0 Å². The van der Waals surface area contributed by atoms with Gasteiger partial charge in [-0.3, -0.25) is 4.90 Å². The van der Waals surface area contributed by atoms with Gasteiger partial charge in [0, 0.05) is 17.1 Å². The van der Waals surface area contributed by atoms with Crippen molar-refractivity contribution in [3.63, 3.8) is 0 Å². The third kappa shape index (κ3) is 5.43. The Morgan fingerprint density at radius 3 is 2.46 bits per heavy atom. The van der Waals surface area contributed by atoms with Crippen molar-refractivity contribution in [3.05, 3.63) is 98.6 Å². The number of fused-ring (bicyclic) bond motifs is 1. The number of carboxylic acids is 1. The molecule has 6 nitrogen and oxygen atoms in total. The van der Waals surface area contributed by atoms with E-state index in [0.29, 0.717) is 29.3 Å². The summed E-state index contributed by atoms with van der Waals surface area (Å²) in [6.07, 6.45) is 0.226. The summed E-state index contributed by atoms with van der Waals surface area (Å²) in [5.41, 5.74) is 6.97. The van der Waals surface area contributed by atoms with Crippen molar-refractivity contribution in [1.29, 1.82) is 0 Å². The summed E-state index contributed by atoms with van der Waals surface area (Å²) in [4.78, 5) is 26.3. The van der Waals surface area contributed by atoms with Crippen LogP contribution in [0.5, 0.6) is 5.75 Å². The van der Waals surface area contributed by atoms with Crippen LogP contribution in [0.1, 0.15) is 45.0 Å². The number of nitrogens with zero attached hydrogens (tertiary/aromatic N) is 1. The number of aliphatic carboxylic acids is 1. The lowest BCUT2D eigenvalue weighted by Gasteiger charge is -2.37. The Morgan fingerprint density at radius 2 is 1.74 bits per heavy atom. The van der Waals surface area contributed by atoms with E-state index in [1.54, 1.807) is 23.1 Å². The van der Waals surface area contributed by atoms with Crippen LogP contribution in [-0.2, 0) is 22.6 Å². The highest BCUT2D eigenvalue weighted by atomic mass is 35.5. The van der Waals surface area contributed by atoms with Gasteiger partial charge in [0.05, 0.1) is 6.04 Å². The standard InChI is InChI=1S/C28H28ClNO5/c1-17-12-18(2)24(19(3)13-17)15-35-28(33)30-11-10-20-6-4-5-7-22(20)27(30)23-14-21(29)8-9-25(23)34-16-26(31)32/h4-9,12-14,27H,10-11,15-16H2,1-3H3,(H,31,32). The summed E-state index contributed by atoms with van der Waals surface area (Å²) in [7, 11) is 0. The lowest BCUT2D eigenvalue weighted by atomic mass is 9.88. The molecule has 7 heteroatoms. The molecule has 0 fully saturated rings. The van der Waals surface area contributed by atoms with E-state index < -0.39 is 24.7 Å². The van der Waals surface area contributed by atoms with Crippen molar-refractivity contribution in [2.75, 3.05) is 13.2 Å². The molecule has 1 amide bonds. The van der Waals surface area contributed by atoms with Crippen molar-refractivity contribution in [1.82, 2.24) is 4.90 Å². The summed E-state index contributed by atoms with van der Waals surface area (Å²) < 4.78 is 11.4. The van der Waals surface area contributed by atoms with Crippen LogP contribution in [0, 0.1) is 20.8 Å². The predicted molar refractivity (Wildman–Crippen MR) is 134 cm³/mol. The van der Waals surface area contributed by atoms with Crippen LogP contribution >= 0.6 is 11.6 Å². The predicted octanol–water partition coefficient (Wildman–Crippen LogP) is 6.01. The second-order valence-electron chi connectivity index (χ2n) is 8.84. The van der Waals surface area contributed by atoms with E-state index in [-0.39, 0.29) is 6.61 Å². The number of hydrogen-bond donors (Lipinski definition) is 1. The molecule has 35 heavy (non-hydrogen) atoms. The molecule has 0 spiro atoms. The van der Waals surface area contributed by atoms with E-state index >= 15 is 0 Å². The van der Waals surface area contributed by atoms with Gasteiger partial charge in [0.2, 0.25) is 0 Å². The molecule has 1 aliphatic rings. The fourth-order valence-corrected chi connectivity index (χ4v) is 4.94. The highest BCUT2D eigenvalue weighted by Crippen LogP contribution is 2.41. The van der Waals surface area contributed by atoms with Gasteiger partial charge in [-0.2, -0.15) is 0 Å². The molecule has 0 aliphatic carbocycles. The molecule has 1 unspecified atom stereocenters. The van der Waals surface area contributed by atoms with Gasteiger partial charge in [0.25, 0.3) is 0 Å². The van der Waals surface area contributed by atoms with E-state index in [1.807, 2.05) is 45.0 Å². The Hall–Kier alpha value is -3.51. The lowest BCUT2D eigenvalue weighted by molar-refractivity contribution is -0.139. The second kappa shape index (κ2) is 10.4. The van der Waals surface area contributed by atoms with Crippen molar-refractivity contribution in [3.8, 4) is 5.75 Å². The molecule has 0 saturated carbocycles. The summed E-state index contributed by atoms with van der Waals surface area (Å²) >= 11 is 6.34. The third-order valence-electron chi connectivity index (χ3n) is 6.32. The van der Waals surface area contributed by atoms with E-state index in [4.69, 9.17) is 26.2 Å². The number of benzene rings is 3. The van der Waals surface area contributed by atoms with Gasteiger partial charge in [-0.25, -0.2) is 9.59 Å². The molecule has 0 bridgehead atoms. The van der Waals surface area contributed by atoms with Crippen LogP contribution in [0.3, 0.4) is 0 Å². The first-order valence-corrected chi connectivity index (χ1v) is 11.8. The zero-order chi connectivity index (χ0) is 25.1. The molecule has 4 rings (SSSR count). The van der Waals surface area contributed by atoms with Crippen molar-refractivity contribution in [2.24, 2.45) is 0 Å². The maximum Gasteiger partial charge on any atom is 0.410 e. The smallest absolute Gasteiger partial charge is 0.410 e. The first-order valence-electron chi connectivity index (χ1n) is 11.5. The third-order valence-corrected chi connectivity index (χ3v) is 6.55. The highest BCUT2D eigenvalue weighted by Gasteiger charge is 2.35. The van der Waals surface area contributed by atoms with Crippen LogP contribution in [0.25, 0.3) is 0 Å². The van der Waals surface area contributed by atoms with Crippen LogP contribution in [-0.4, -0.2) is 35.2 Å². The monoisotopic (exact) mass is 493 g/mol. The fraction of sp³-hybridized carbons (Fsp3) is 0.286. The van der Waals surface area contributed by atoms with Gasteiger partial charge >= 0.3 is 12.1 Å². The van der Waals surface area contributed by atoms with Gasteiger partial charge < -0.3 is 14.6 Å². The molecule has 3 aromatic carbocycles. The van der Waals surface area contributed by atoms with Crippen molar-refractivity contribution < 1.29 is 24.2 Å². The fourth-order valence-electron chi connectivity index (χ4n) is 4.76. The minimum atomic E-state index is -1.09. The van der Waals surface area contributed by atoms with Crippen molar-refractivity contribution in [2.45, 2.75) is 39.8 Å². The molecule has 0 aromatic heterocycles. The number of aryl methyl sites for hydroxylation is 3.